The second-order valence-corrected chi connectivity index (χ2v) is 8.24. The largest absolute Gasteiger partial charge is 0.322 e. The third-order valence-corrected chi connectivity index (χ3v) is 6.17. The van der Waals surface area contributed by atoms with Gasteiger partial charge in [-0.25, -0.2) is 9.18 Å². The number of benzene rings is 3. The van der Waals surface area contributed by atoms with Gasteiger partial charge in [0.1, 0.15) is 5.82 Å². The van der Waals surface area contributed by atoms with Gasteiger partial charge in [0.25, 0.3) is 0 Å². The fraction of sp³-hybridized carbons (Fsp3) is 0.148. The minimum absolute atomic E-state index is 0.202. The van der Waals surface area contributed by atoms with Gasteiger partial charge in [-0.3, -0.25) is 0 Å². The molecule has 5 heteroatoms. The standard InChI is InChI=1S/C27H24FN3O/c1-18-9-14-23(16-19(18)2)29-27(32)31-17-21-6-3-4-7-24(21)30-15-5-8-25(30)26(31)20-10-12-22(28)13-11-20/h3-16,26H,17H2,1-2H3,(H,29,32)/t26-/m0/s1. The van der Waals surface area contributed by atoms with Gasteiger partial charge in [-0.15, -0.1) is 0 Å². The Kier molecular flexibility index (Phi) is 5.02. The van der Waals surface area contributed by atoms with Crippen molar-refractivity contribution in [1.29, 1.82) is 0 Å². The highest BCUT2D eigenvalue weighted by Gasteiger charge is 2.33. The monoisotopic (exact) mass is 425 g/mol. The van der Waals surface area contributed by atoms with Crippen LogP contribution in [0.2, 0.25) is 0 Å². The summed E-state index contributed by atoms with van der Waals surface area (Å²) >= 11 is 0. The van der Waals surface area contributed by atoms with Gasteiger partial charge in [0.15, 0.2) is 0 Å². The van der Waals surface area contributed by atoms with E-state index in [1.165, 1.54) is 17.7 Å². The summed E-state index contributed by atoms with van der Waals surface area (Å²) in [6.45, 7) is 4.50. The fourth-order valence-corrected chi connectivity index (χ4v) is 4.35. The second kappa shape index (κ2) is 8.00. The summed E-state index contributed by atoms with van der Waals surface area (Å²) in [5.41, 5.74) is 6.95. The highest BCUT2D eigenvalue weighted by molar-refractivity contribution is 5.90. The lowest BCUT2D eigenvalue weighted by Gasteiger charge is -2.31. The maximum absolute atomic E-state index is 13.7. The van der Waals surface area contributed by atoms with Crippen molar-refractivity contribution in [2.75, 3.05) is 5.32 Å². The van der Waals surface area contributed by atoms with E-state index in [1.54, 1.807) is 12.1 Å². The second-order valence-electron chi connectivity index (χ2n) is 8.24. The van der Waals surface area contributed by atoms with Crippen molar-refractivity contribution in [2.45, 2.75) is 26.4 Å². The average Bonchev–Trinajstić information content (AvgIpc) is 3.21. The first kappa shape index (κ1) is 20.1. The number of nitrogens with zero attached hydrogens (tertiary/aromatic N) is 2. The maximum Gasteiger partial charge on any atom is 0.322 e. The van der Waals surface area contributed by atoms with Crippen LogP contribution in [0.1, 0.15) is 34.0 Å². The highest BCUT2D eigenvalue weighted by Crippen LogP contribution is 2.37. The van der Waals surface area contributed by atoms with E-state index in [9.17, 15) is 9.18 Å². The van der Waals surface area contributed by atoms with Crippen molar-refractivity contribution in [1.82, 2.24) is 9.47 Å². The Labute approximate surface area is 186 Å². The molecule has 0 saturated heterocycles. The smallest absolute Gasteiger partial charge is 0.318 e. The molecule has 1 atom stereocenters. The van der Waals surface area contributed by atoms with Crippen LogP contribution >= 0.6 is 0 Å². The zero-order chi connectivity index (χ0) is 22.2. The molecule has 1 N–H and O–H groups in total. The minimum Gasteiger partial charge on any atom is -0.318 e. The van der Waals surface area contributed by atoms with Crippen LogP contribution in [0.25, 0.3) is 5.69 Å². The molecule has 0 saturated carbocycles. The van der Waals surface area contributed by atoms with Gasteiger partial charge in [-0.2, -0.15) is 0 Å². The molecule has 0 fully saturated rings. The highest BCUT2D eigenvalue weighted by atomic mass is 19.1. The quantitative estimate of drug-likeness (QED) is 0.398. The number of aryl methyl sites for hydroxylation is 2. The number of hydrogen-bond donors (Lipinski definition) is 1. The number of aromatic nitrogens is 1. The molecular formula is C27H24FN3O. The van der Waals surface area contributed by atoms with E-state index in [1.807, 2.05) is 73.5 Å². The number of carbonyl (C=O) groups is 1. The molecule has 0 aliphatic carbocycles. The zero-order valence-corrected chi connectivity index (χ0v) is 18.0. The Bertz CT molecular complexity index is 1290. The van der Waals surface area contributed by atoms with Gasteiger partial charge in [-0.05, 0) is 78.6 Å². The van der Waals surface area contributed by atoms with Gasteiger partial charge < -0.3 is 14.8 Å². The molecule has 3 aromatic carbocycles. The first-order valence-electron chi connectivity index (χ1n) is 10.7. The molecule has 2 amide bonds. The minimum atomic E-state index is -0.371. The molecule has 0 unspecified atom stereocenters. The summed E-state index contributed by atoms with van der Waals surface area (Å²) in [7, 11) is 0. The lowest BCUT2D eigenvalue weighted by molar-refractivity contribution is 0.194. The Balaban J connectivity index is 1.61. The lowest BCUT2D eigenvalue weighted by Crippen LogP contribution is -2.38. The maximum atomic E-state index is 13.7. The summed E-state index contributed by atoms with van der Waals surface area (Å²) in [6.07, 6.45) is 2.01. The summed E-state index contributed by atoms with van der Waals surface area (Å²) in [4.78, 5) is 15.5. The van der Waals surface area contributed by atoms with Gasteiger partial charge in [-0.1, -0.05) is 36.4 Å². The van der Waals surface area contributed by atoms with Crippen molar-refractivity contribution in [3.8, 4) is 5.69 Å². The van der Waals surface area contributed by atoms with Crippen LogP contribution in [-0.4, -0.2) is 15.5 Å². The third kappa shape index (κ3) is 3.56. The summed E-state index contributed by atoms with van der Waals surface area (Å²) in [5.74, 6) is -0.299. The summed E-state index contributed by atoms with van der Waals surface area (Å²) in [6, 6.07) is 23.8. The number of rotatable bonds is 2. The van der Waals surface area contributed by atoms with E-state index < -0.39 is 0 Å². The van der Waals surface area contributed by atoms with Crippen LogP contribution in [0.4, 0.5) is 14.9 Å². The molecule has 160 valence electrons. The molecule has 1 aliphatic rings. The molecule has 0 bridgehead atoms. The molecule has 1 aromatic heterocycles. The third-order valence-electron chi connectivity index (χ3n) is 6.17. The Morgan fingerprint density at radius 1 is 0.938 bits per heavy atom. The molecule has 0 spiro atoms. The number of fused-ring (bicyclic) bond motifs is 3. The van der Waals surface area contributed by atoms with Crippen molar-refractivity contribution >= 4 is 11.7 Å². The number of nitrogens with one attached hydrogen (secondary N) is 1. The molecule has 4 aromatic rings. The average molecular weight is 426 g/mol. The van der Waals surface area contributed by atoms with Crippen molar-refractivity contribution in [3.63, 3.8) is 0 Å². The van der Waals surface area contributed by atoms with Crippen LogP contribution in [0.5, 0.6) is 0 Å². The van der Waals surface area contributed by atoms with Crippen molar-refractivity contribution < 1.29 is 9.18 Å². The Morgan fingerprint density at radius 3 is 2.50 bits per heavy atom. The number of anilines is 1. The van der Waals surface area contributed by atoms with E-state index >= 15 is 0 Å². The lowest BCUT2D eigenvalue weighted by atomic mass is 10.0. The molecule has 2 heterocycles. The number of amides is 2. The first-order chi connectivity index (χ1) is 15.5. The number of para-hydroxylation sites is 1. The fourth-order valence-electron chi connectivity index (χ4n) is 4.35. The first-order valence-corrected chi connectivity index (χ1v) is 10.7. The summed E-state index contributed by atoms with van der Waals surface area (Å²) in [5, 5.41) is 3.08. The van der Waals surface area contributed by atoms with Crippen molar-refractivity contribution in [3.05, 3.63) is 119 Å². The van der Waals surface area contributed by atoms with Crippen LogP contribution < -0.4 is 5.32 Å². The van der Waals surface area contributed by atoms with Crippen LogP contribution in [-0.2, 0) is 6.54 Å². The van der Waals surface area contributed by atoms with E-state index in [-0.39, 0.29) is 17.9 Å². The van der Waals surface area contributed by atoms with E-state index in [0.717, 1.165) is 33.8 Å². The zero-order valence-electron chi connectivity index (χ0n) is 18.0. The van der Waals surface area contributed by atoms with Gasteiger partial charge in [0.2, 0.25) is 0 Å². The van der Waals surface area contributed by atoms with Crippen LogP contribution in [0.3, 0.4) is 0 Å². The SMILES string of the molecule is Cc1ccc(NC(=O)N2Cc3ccccc3-n3cccc3[C@@H]2c2ccc(F)cc2)cc1C. The van der Waals surface area contributed by atoms with E-state index in [0.29, 0.717) is 6.54 Å². The Morgan fingerprint density at radius 2 is 1.72 bits per heavy atom. The van der Waals surface area contributed by atoms with E-state index in [2.05, 4.69) is 16.0 Å². The Hall–Kier alpha value is -3.86. The number of urea groups is 1. The number of halogens is 1. The van der Waals surface area contributed by atoms with E-state index in [4.69, 9.17) is 0 Å². The molecule has 5 rings (SSSR count). The van der Waals surface area contributed by atoms with Gasteiger partial charge >= 0.3 is 6.03 Å². The predicted octanol–water partition coefficient (Wildman–Crippen LogP) is 6.37. The molecule has 32 heavy (non-hydrogen) atoms. The summed E-state index contributed by atoms with van der Waals surface area (Å²) < 4.78 is 15.8. The topological polar surface area (TPSA) is 37.3 Å². The van der Waals surface area contributed by atoms with Crippen LogP contribution in [0, 0.1) is 19.7 Å². The van der Waals surface area contributed by atoms with Crippen LogP contribution in [0.15, 0.2) is 85.1 Å². The van der Waals surface area contributed by atoms with Gasteiger partial charge in [0, 0.05) is 17.6 Å². The molecular weight excluding hydrogens is 401 g/mol. The van der Waals surface area contributed by atoms with Gasteiger partial charge in [0.05, 0.1) is 18.3 Å². The molecule has 1 aliphatic heterocycles. The normalized spacial score (nSPS) is 15.0. The number of carbonyl (C=O) groups excluding carboxylic acids is 1. The molecule has 4 nitrogen and oxygen atoms in total. The molecule has 0 radical (unpaired) electrons. The predicted molar refractivity (Wildman–Crippen MR) is 124 cm³/mol. The number of hydrogen-bond acceptors (Lipinski definition) is 1. The van der Waals surface area contributed by atoms with Crippen molar-refractivity contribution in [2.24, 2.45) is 0 Å².